The van der Waals surface area contributed by atoms with Crippen LogP contribution in [0.1, 0.15) is 11.1 Å². The number of sulfonamides is 1. The summed E-state index contributed by atoms with van der Waals surface area (Å²) >= 11 is 0. The first kappa shape index (κ1) is 15.8. The highest BCUT2D eigenvalue weighted by Gasteiger charge is 2.36. The maximum Gasteiger partial charge on any atom is 0.402 e. The van der Waals surface area contributed by atoms with Gasteiger partial charge in [0.05, 0.1) is 5.69 Å². The third-order valence-corrected chi connectivity index (χ3v) is 4.69. The number of nitrogens with two attached hydrogens (primary N) is 1. The van der Waals surface area contributed by atoms with Gasteiger partial charge in [-0.3, -0.25) is 0 Å². The fourth-order valence-corrected chi connectivity index (χ4v) is 3.18. The summed E-state index contributed by atoms with van der Waals surface area (Å²) in [4.78, 5) is -0.265. The van der Waals surface area contributed by atoms with Crippen LogP contribution in [0.5, 0.6) is 0 Å². The van der Waals surface area contributed by atoms with Crippen LogP contribution >= 0.6 is 0 Å². The number of alkyl halides is 3. The van der Waals surface area contributed by atoms with Crippen LogP contribution in [-0.4, -0.2) is 32.5 Å². The highest BCUT2D eigenvalue weighted by atomic mass is 32.2. The Hall–Kier alpha value is -1.28. The standard InChI is InChI=1S/C11H15F3N2O2S/c1-7-4-5-8(2)10(9(7)15)19(17,18)16(3)6-11(12,13)14/h4-5H,6,15H2,1-3H3. The van der Waals surface area contributed by atoms with Gasteiger partial charge in [0, 0.05) is 7.05 Å². The molecule has 0 saturated carbocycles. The van der Waals surface area contributed by atoms with Crippen LogP contribution in [0, 0.1) is 13.8 Å². The molecule has 8 heteroatoms. The smallest absolute Gasteiger partial charge is 0.397 e. The summed E-state index contributed by atoms with van der Waals surface area (Å²) in [5, 5.41) is 0. The van der Waals surface area contributed by atoms with Crippen molar-refractivity contribution in [2.24, 2.45) is 0 Å². The van der Waals surface area contributed by atoms with Crippen molar-refractivity contribution in [3.8, 4) is 0 Å². The van der Waals surface area contributed by atoms with Gasteiger partial charge in [-0.15, -0.1) is 0 Å². The van der Waals surface area contributed by atoms with Crippen LogP contribution in [0.2, 0.25) is 0 Å². The van der Waals surface area contributed by atoms with Gasteiger partial charge < -0.3 is 5.73 Å². The summed E-state index contributed by atoms with van der Waals surface area (Å²) in [7, 11) is -3.39. The molecule has 1 aromatic carbocycles. The number of halogens is 3. The lowest BCUT2D eigenvalue weighted by Gasteiger charge is -2.21. The Labute approximate surface area is 110 Å². The molecule has 1 aromatic rings. The normalized spacial score (nSPS) is 13.0. The van der Waals surface area contributed by atoms with Crippen LogP contribution in [-0.2, 0) is 10.0 Å². The number of nitrogen functional groups attached to an aromatic ring is 1. The molecule has 0 aliphatic heterocycles. The molecule has 19 heavy (non-hydrogen) atoms. The minimum absolute atomic E-state index is 0.0194. The number of aryl methyl sites for hydroxylation is 2. The topological polar surface area (TPSA) is 63.4 Å². The lowest BCUT2D eigenvalue weighted by Crippen LogP contribution is -2.36. The van der Waals surface area contributed by atoms with Gasteiger partial charge >= 0.3 is 6.18 Å². The second-order valence-corrected chi connectivity index (χ2v) is 6.30. The van der Waals surface area contributed by atoms with E-state index in [-0.39, 0.29) is 14.9 Å². The molecule has 4 nitrogen and oxygen atoms in total. The molecule has 2 N–H and O–H groups in total. The average molecular weight is 296 g/mol. The van der Waals surface area contributed by atoms with E-state index < -0.39 is 22.7 Å². The number of hydrogen-bond acceptors (Lipinski definition) is 3. The van der Waals surface area contributed by atoms with Crippen LogP contribution in [0.25, 0.3) is 0 Å². The molecule has 0 aromatic heterocycles. The molecule has 0 saturated heterocycles. The zero-order chi connectivity index (χ0) is 15.0. The molecule has 0 spiro atoms. The Morgan fingerprint density at radius 2 is 1.68 bits per heavy atom. The molecule has 0 unspecified atom stereocenters. The van der Waals surface area contributed by atoms with Crippen LogP contribution in [0.15, 0.2) is 17.0 Å². The van der Waals surface area contributed by atoms with E-state index in [1.165, 1.54) is 13.0 Å². The minimum atomic E-state index is -4.60. The van der Waals surface area contributed by atoms with E-state index in [0.717, 1.165) is 7.05 Å². The van der Waals surface area contributed by atoms with Gasteiger partial charge in [-0.25, -0.2) is 8.42 Å². The van der Waals surface area contributed by atoms with Gasteiger partial charge in [0.25, 0.3) is 0 Å². The Bertz CT molecular complexity index is 582. The molecule has 108 valence electrons. The summed E-state index contributed by atoms with van der Waals surface area (Å²) in [5.74, 6) is 0. The number of nitrogens with zero attached hydrogens (tertiary/aromatic N) is 1. The highest BCUT2D eigenvalue weighted by molar-refractivity contribution is 7.89. The van der Waals surface area contributed by atoms with E-state index in [2.05, 4.69) is 0 Å². The summed E-state index contributed by atoms with van der Waals surface area (Å²) in [5.41, 5.74) is 6.49. The van der Waals surface area contributed by atoms with E-state index >= 15 is 0 Å². The maximum atomic E-state index is 12.3. The van der Waals surface area contributed by atoms with Crippen molar-refractivity contribution in [2.45, 2.75) is 24.9 Å². The van der Waals surface area contributed by atoms with Crippen LogP contribution in [0.3, 0.4) is 0 Å². The van der Waals surface area contributed by atoms with Crippen molar-refractivity contribution >= 4 is 15.7 Å². The molecule has 0 fully saturated rings. The van der Waals surface area contributed by atoms with Gasteiger partial charge in [-0.05, 0) is 25.0 Å². The first-order chi connectivity index (χ1) is 8.47. The van der Waals surface area contributed by atoms with Crippen molar-refractivity contribution in [1.29, 1.82) is 0 Å². The van der Waals surface area contributed by atoms with Crippen molar-refractivity contribution in [3.05, 3.63) is 23.3 Å². The zero-order valence-corrected chi connectivity index (χ0v) is 11.6. The first-order valence-electron chi connectivity index (χ1n) is 5.35. The molecule has 0 bridgehead atoms. The molecule has 0 aliphatic carbocycles. The van der Waals surface area contributed by atoms with Crippen molar-refractivity contribution in [1.82, 2.24) is 4.31 Å². The van der Waals surface area contributed by atoms with Gasteiger partial charge in [-0.1, -0.05) is 12.1 Å². The quantitative estimate of drug-likeness (QED) is 0.868. The number of anilines is 1. The number of hydrogen-bond donors (Lipinski definition) is 1. The predicted molar refractivity (Wildman–Crippen MR) is 66.2 cm³/mol. The predicted octanol–water partition coefficient (Wildman–Crippen LogP) is 2.07. The van der Waals surface area contributed by atoms with E-state index in [9.17, 15) is 21.6 Å². The van der Waals surface area contributed by atoms with Gasteiger partial charge in [0.1, 0.15) is 11.4 Å². The fourth-order valence-electron chi connectivity index (χ4n) is 1.64. The Morgan fingerprint density at radius 1 is 1.21 bits per heavy atom. The molecule has 0 amide bonds. The third kappa shape index (κ3) is 3.38. The van der Waals surface area contributed by atoms with Crippen molar-refractivity contribution in [3.63, 3.8) is 0 Å². The molecular weight excluding hydrogens is 281 g/mol. The summed E-state index contributed by atoms with van der Waals surface area (Å²) in [6, 6.07) is 3.13. The van der Waals surface area contributed by atoms with Gasteiger partial charge in [0.15, 0.2) is 0 Å². The fraction of sp³-hybridized carbons (Fsp3) is 0.455. The lowest BCUT2D eigenvalue weighted by atomic mass is 10.1. The second-order valence-electron chi connectivity index (χ2n) is 4.32. The Kier molecular flexibility index (Phi) is 4.16. The van der Waals surface area contributed by atoms with Gasteiger partial charge in [0.2, 0.25) is 10.0 Å². The SMILES string of the molecule is Cc1ccc(C)c(S(=O)(=O)N(C)CC(F)(F)F)c1N. The van der Waals surface area contributed by atoms with E-state index in [1.807, 2.05) is 0 Å². The number of rotatable bonds is 3. The molecular formula is C11H15F3N2O2S. The van der Waals surface area contributed by atoms with E-state index in [0.29, 0.717) is 11.1 Å². The number of benzene rings is 1. The minimum Gasteiger partial charge on any atom is -0.397 e. The Morgan fingerprint density at radius 3 is 2.16 bits per heavy atom. The molecule has 0 aliphatic rings. The lowest BCUT2D eigenvalue weighted by molar-refractivity contribution is -0.134. The zero-order valence-electron chi connectivity index (χ0n) is 10.7. The summed E-state index contributed by atoms with van der Waals surface area (Å²) in [6.07, 6.45) is -4.60. The molecule has 0 atom stereocenters. The third-order valence-electron chi connectivity index (χ3n) is 2.68. The maximum absolute atomic E-state index is 12.3. The second kappa shape index (κ2) is 5.01. The average Bonchev–Trinajstić information content (AvgIpc) is 2.21. The van der Waals surface area contributed by atoms with E-state index in [1.54, 1.807) is 13.0 Å². The summed E-state index contributed by atoms with van der Waals surface area (Å²) in [6.45, 7) is 1.53. The first-order valence-corrected chi connectivity index (χ1v) is 6.79. The van der Waals surface area contributed by atoms with Crippen LogP contribution in [0.4, 0.5) is 18.9 Å². The largest absolute Gasteiger partial charge is 0.402 e. The van der Waals surface area contributed by atoms with E-state index in [4.69, 9.17) is 5.73 Å². The molecule has 0 heterocycles. The monoisotopic (exact) mass is 296 g/mol. The molecule has 0 radical (unpaired) electrons. The van der Waals surface area contributed by atoms with Crippen LogP contribution < -0.4 is 5.73 Å². The molecule has 1 rings (SSSR count). The van der Waals surface area contributed by atoms with Crippen molar-refractivity contribution < 1.29 is 21.6 Å². The van der Waals surface area contributed by atoms with Crippen molar-refractivity contribution in [2.75, 3.05) is 19.3 Å². The van der Waals surface area contributed by atoms with Gasteiger partial charge in [-0.2, -0.15) is 17.5 Å². The Balaban J connectivity index is 3.33. The summed E-state index contributed by atoms with van der Waals surface area (Å²) < 4.78 is 61.4. The highest BCUT2D eigenvalue weighted by Crippen LogP contribution is 2.29.